The van der Waals surface area contributed by atoms with Crippen LogP contribution in [0.5, 0.6) is 5.75 Å². The van der Waals surface area contributed by atoms with E-state index in [1.54, 1.807) is 6.20 Å². The first-order valence-electron chi connectivity index (χ1n) is 8.80. The van der Waals surface area contributed by atoms with Gasteiger partial charge in [0.15, 0.2) is 0 Å². The van der Waals surface area contributed by atoms with Crippen molar-refractivity contribution in [3.63, 3.8) is 0 Å². The zero-order valence-corrected chi connectivity index (χ0v) is 14.2. The molecule has 5 nitrogen and oxygen atoms in total. The second-order valence-corrected chi connectivity index (χ2v) is 7.03. The molecule has 1 aliphatic heterocycles. The molecule has 1 saturated carbocycles. The third kappa shape index (κ3) is 2.85. The van der Waals surface area contributed by atoms with Gasteiger partial charge in [-0.15, -0.1) is 0 Å². The third-order valence-corrected chi connectivity index (χ3v) is 4.99. The van der Waals surface area contributed by atoms with Gasteiger partial charge in [0, 0.05) is 17.1 Å². The van der Waals surface area contributed by atoms with Crippen molar-refractivity contribution in [3.05, 3.63) is 30.0 Å². The Bertz CT molecular complexity index is 763. The molecular weight excluding hydrogens is 303 g/mol. The van der Waals surface area contributed by atoms with Crippen molar-refractivity contribution in [2.45, 2.75) is 51.7 Å². The predicted molar refractivity (Wildman–Crippen MR) is 94.6 cm³/mol. The number of pyridine rings is 1. The number of hydrogen-bond acceptors (Lipinski definition) is 4. The Morgan fingerprint density at radius 2 is 2.12 bits per heavy atom. The minimum Gasteiger partial charge on any atom is -0.531 e. The van der Waals surface area contributed by atoms with Crippen LogP contribution in [0, 0.1) is 5.92 Å². The number of nitrogens with zero attached hydrogens (tertiary/aromatic N) is 1. The molecule has 0 saturated heterocycles. The van der Waals surface area contributed by atoms with Crippen LogP contribution < -0.4 is 4.65 Å². The van der Waals surface area contributed by atoms with Crippen LogP contribution in [0.4, 0.5) is 0 Å². The molecule has 0 bridgehead atoms. The average Bonchev–Trinajstić information content (AvgIpc) is 3.02. The second kappa shape index (κ2) is 6.26. The number of fused-ring (bicyclic) bond motifs is 3. The molecule has 4 rings (SSSR count). The Morgan fingerprint density at radius 3 is 2.88 bits per heavy atom. The Kier molecular flexibility index (Phi) is 4.10. The van der Waals surface area contributed by atoms with Gasteiger partial charge in [-0.05, 0) is 63.1 Å². The van der Waals surface area contributed by atoms with Crippen molar-refractivity contribution in [1.29, 1.82) is 0 Å². The molecule has 0 atom stereocenters. The first-order chi connectivity index (χ1) is 11.6. The number of aromatic amines is 1. The van der Waals surface area contributed by atoms with Crippen molar-refractivity contribution >= 4 is 23.7 Å². The van der Waals surface area contributed by atoms with Crippen LogP contribution in [0.1, 0.15) is 45.1 Å². The summed E-state index contributed by atoms with van der Waals surface area (Å²) in [6.45, 7) is 4.19. The molecule has 0 radical (unpaired) electrons. The van der Waals surface area contributed by atoms with Gasteiger partial charge >= 0.3 is 7.12 Å². The Balaban J connectivity index is 1.63. The monoisotopic (exact) mass is 326 g/mol. The first-order valence-corrected chi connectivity index (χ1v) is 8.80. The van der Waals surface area contributed by atoms with Crippen LogP contribution in [0.2, 0.25) is 0 Å². The van der Waals surface area contributed by atoms with Crippen molar-refractivity contribution < 1.29 is 14.4 Å². The lowest BCUT2D eigenvalue weighted by Gasteiger charge is -2.33. The summed E-state index contributed by atoms with van der Waals surface area (Å²) in [5.41, 5.74) is 3.13. The molecule has 126 valence electrons. The van der Waals surface area contributed by atoms with E-state index in [2.05, 4.69) is 23.8 Å². The van der Waals surface area contributed by atoms with Gasteiger partial charge in [0.1, 0.15) is 11.4 Å². The number of allylic oxidation sites excluding steroid dienone is 1. The number of aromatic nitrogens is 2. The summed E-state index contributed by atoms with van der Waals surface area (Å²) in [6, 6.07) is 2.03. The minimum atomic E-state index is -0.893. The Hall–Kier alpha value is -1.79. The molecular formula is C18H23BN2O3. The molecule has 0 unspecified atom stereocenters. The van der Waals surface area contributed by atoms with Crippen molar-refractivity contribution in [1.82, 2.24) is 9.97 Å². The van der Waals surface area contributed by atoms with E-state index in [0.29, 0.717) is 17.8 Å². The number of nitrogens with one attached hydrogen (secondary N) is 1. The molecule has 2 aliphatic rings. The van der Waals surface area contributed by atoms with Gasteiger partial charge in [-0.2, -0.15) is 0 Å². The van der Waals surface area contributed by atoms with Gasteiger partial charge in [-0.25, -0.2) is 4.98 Å². The Morgan fingerprint density at radius 1 is 1.33 bits per heavy atom. The number of ether oxygens (including phenoxy) is 1. The van der Waals surface area contributed by atoms with Gasteiger partial charge in [-0.1, -0.05) is 0 Å². The number of hydrogen-bond donors (Lipinski definition) is 2. The van der Waals surface area contributed by atoms with Crippen LogP contribution in [0.15, 0.2) is 24.4 Å². The van der Waals surface area contributed by atoms with E-state index in [1.807, 2.05) is 18.2 Å². The smallest absolute Gasteiger partial charge is 0.531 e. The summed E-state index contributed by atoms with van der Waals surface area (Å²) in [4.78, 5) is 7.53. The summed E-state index contributed by atoms with van der Waals surface area (Å²) in [6.07, 6.45) is 8.51. The molecule has 24 heavy (non-hydrogen) atoms. The van der Waals surface area contributed by atoms with Gasteiger partial charge in [0.2, 0.25) is 0 Å². The molecule has 3 heterocycles. The zero-order chi connectivity index (χ0) is 16.7. The van der Waals surface area contributed by atoms with Crippen LogP contribution in [-0.2, 0) is 4.74 Å². The molecule has 1 aliphatic carbocycles. The van der Waals surface area contributed by atoms with E-state index in [9.17, 15) is 5.02 Å². The van der Waals surface area contributed by atoms with Crippen molar-refractivity contribution in [2.75, 3.05) is 0 Å². The van der Waals surface area contributed by atoms with Gasteiger partial charge in [-0.3, -0.25) is 0 Å². The molecule has 0 amide bonds. The quantitative estimate of drug-likeness (QED) is 0.849. The second-order valence-electron chi connectivity index (χ2n) is 7.03. The molecule has 0 spiro atoms. The SMILES string of the molecule is CC(C)OC1CCC(C2=CB(O)Oc3cnc4[nH]ccc4c32)CC1. The summed E-state index contributed by atoms with van der Waals surface area (Å²) < 4.78 is 11.5. The molecule has 2 aromatic heterocycles. The van der Waals surface area contributed by atoms with Crippen LogP contribution in [-0.4, -0.2) is 34.3 Å². The maximum atomic E-state index is 10.1. The fourth-order valence-corrected chi connectivity index (χ4v) is 4.01. The van der Waals surface area contributed by atoms with Crippen molar-refractivity contribution in [3.8, 4) is 5.75 Å². The van der Waals surface area contributed by atoms with Crippen LogP contribution in [0.25, 0.3) is 16.6 Å². The molecule has 1 fully saturated rings. The van der Waals surface area contributed by atoms with Gasteiger partial charge in [0.25, 0.3) is 0 Å². The van der Waals surface area contributed by atoms with Crippen molar-refractivity contribution in [2.24, 2.45) is 5.92 Å². The molecule has 2 aromatic rings. The van der Waals surface area contributed by atoms with Gasteiger partial charge in [0.05, 0.1) is 18.4 Å². The fraction of sp³-hybridized carbons (Fsp3) is 0.500. The van der Waals surface area contributed by atoms with E-state index in [4.69, 9.17) is 9.39 Å². The summed E-state index contributed by atoms with van der Waals surface area (Å²) in [5, 5.41) is 11.2. The normalized spacial score (nSPS) is 24.0. The largest absolute Gasteiger partial charge is 0.552 e. The van der Waals surface area contributed by atoms with E-state index < -0.39 is 7.12 Å². The van der Waals surface area contributed by atoms with Gasteiger partial charge < -0.3 is 19.4 Å². The maximum Gasteiger partial charge on any atom is 0.552 e. The molecule has 2 N–H and O–H groups in total. The predicted octanol–water partition coefficient (Wildman–Crippen LogP) is 3.34. The zero-order valence-electron chi connectivity index (χ0n) is 14.2. The van der Waals surface area contributed by atoms with Crippen LogP contribution >= 0.6 is 0 Å². The average molecular weight is 326 g/mol. The van der Waals surface area contributed by atoms with E-state index >= 15 is 0 Å². The van der Waals surface area contributed by atoms with E-state index in [1.165, 1.54) is 5.57 Å². The topological polar surface area (TPSA) is 67.4 Å². The highest BCUT2D eigenvalue weighted by atomic mass is 16.5. The number of rotatable bonds is 3. The first kappa shape index (κ1) is 15.7. The van der Waals surface area contributed by atoms with E-state index in [-0.39, 0.29) is 6.10 Å². The lowest BCUT2D eigenvalue weighted by Crippen LogP contribution is -2.29. The fourth-order valence-electron chi connectivity index (χ4n) is 4.01. The highest BCUT2D eigenvalue weighted by Gasteiger charge is 2.33. The molecule has 0 aromatic carbocycles. The highest BCUT2D eigenvalue weighted by Crippen LogP contribution is 2.44. The van der Waals surface area contributed by atoms with Crippen LogP contribution in [0.3, 0.4) is 0 Å². The summed E-state index contributed by atoms with van der Waals surface area (Å²) in [5.74, 6) is 2.96. The lowest BCUT2D eigenvalue weighted by molar-refractivity contribution is -0.0159. The standard InChI is InChI=1S/C18H23BN2O3/c1-11(2)23-13-5-3-12(4-6-13)15-9-19(22)24-16-10-21-18-14(17(15)16)7-8-20-18/h7-13,22H,3-6H2,1-2H3,(H,20,21). The number of H-pyrrole nitrogens is 1. The van der Waals surface area contributed by atoms with E-state index in [0.717, 1.165) is 42.3 Å². The summed E-state index contributed by atoms with van der Waals surface area (Å²) in [7, 11) is -0.893. The third-order valence-electron chi connectivity index (χ3n) is 4.99. The summed E-state index contributed by atoms with van der Waals surface area (Å²) >= 11 is 0. The maximum absolute atomic E-state index is 10.1. The minimum absolute atomic E-state index is 0.280. The lowest BCUT2D eigenvalue weighted by atomic mass is 9.72. The highest BCUT2D eigenvalue weighted by molar-refractivity contribution is 6.52. The molecule has 6 heteroatoms. The Labute approximate surface area is 142 Å².